The van der Waals surface area contributed by atoms with Crippen LogP contribution in [0.4, 0.5) is 16.4 Å². The number of carbonyl (C=O) groups is 1. The van der Waals surface area contributed by atoms with Gasteiger partial charge >= 0.3 is 5.97 Å². The number of hydrogen-bond acceptors (Lipinski definition) is 6. The Labute approximate surface area is 219 Å². The molecule has 0 atom stereocenters. The Bertz CT molecular complexity index is 1130. The number of aryl methyl sites for hydroxylation is 1. The lowest BCUT2D eigenvalue weighted by Gasteiger charge is -2.42. The SMILES string of the molecule is Cc1cc2c(s1)Nc1ccccc1N=C2N1CC[N+](C)(COC(=O)[C@H]2CC[C@H](C(C)(C)C)CC2)CC1. The predicted molar refractivity (Wildman–Crippen MR) is 148 cm³/mol. The van der Waals surface area contributed by atoms with E-state index in [2.05, 4.69) is 63.2 Å². The summed E-state index contributed by atoms with van der Waals surface area (Å²) in [6, 6.07) is 10.5. The van der Waals surface area contributed by atoms with Crippen molar-refractivity contribution < 1.29 is 14.0 Å². The van der Waals surface area contributed by atoms with Crippen LogP contribution in [0.15, 0.2) is 35.3 Å². The lowest BCUT2D eigenvalue weighted by Crippen LogP contribution is -2.59. The van der Waals surface area contributed by atoms with Gasteiger partial charge in [-0.25, -0.2) is 4.99 Å². The summed E-state index contributed by atoms with van der Waals surface area (Å²) >= 11 is 1.78. The fourth-order valence-electron chi connectivity index (χ4n) is 5.81. The van der Waals surface area contributed by atoms with E-state index in [1.807, 2.05) is 12.1 Å². The molecule has 7 heteroatoms. The van der Waals surface area contributed by atoms with Gasteiger partial charge in [-0.15, -0.1) is 11.3 Å². The molecule has 0 bridgehead atoms. The van der Waals surface area contributed by atoms with E-state index in [1.165, 1.54) is 10.4 Å². The molecule has 5 rings (SSSR count). The normalized spacial score (nSPS) is 23.6. The number of benzene rings is 1. The Morgan fingerprint density at radius 1 is 1.17 bits per heavy atom. The van der Waals surface area contributed by atoms with Gasteiger partial charge in [0.2, 0.25) is 6.73 Å². The molecule has 0 spiro atoms. The summed E-state index contributed by atoms with van der Waals surface area (Å²) in [4.78, 5) is 21.7. The summed E-state index contributed by atoms with van der Waals surface area (Å²) in [6.45, 7) is 13.2. The summed E-state index contributed by atoms with van der Waals surface area (Å²) in [7, 11) is 2.22. The number of para-hydroxylation sites is 2. The van der Waals surface area contributed by atoms with E-state index < -0.39 is 0 Å². The van der Waals surface area contributed by atoms with Crippen molar-refractivity contribution in [3.63, 3.8) is 0 Å². The summed E-state index contributed by atoms with van der Waals surface area (Å²) in [5.41, 5.74) is 3.54. The molecule has 1 aliphatic carbocycles. The first-order valence-corrected chi connectivity index (χ1v) is 14.2. The van der Waals surface area contributed by atoms with Crippen LogP contribution in [0.25, 0.3) is 0 Å². The maximum absolute atomic E-state index is 12.9. The smallest absolute Gasteiger partial charge is 0.313 e. The minimum Gasteiger partial charge on any atom is -0.415 e. The minimum atomic E-state index is 0.0124. The zero-order valence-electron chi connectivity index (χ0n) is 22.5. The summed E-state index contributed by atoms with van der Waals surface area (Å²) in [6.07, 6.45) is 4.20. The zero-order valence-corrected chi connectivity index (χ0v) is 23.3. The van der Waals surface area contributed by atoms with Gasteiger partial charge in [0, 0.05) is 4.88 Å². The number of esters is 1. The van der Waals surface area contributed by atoms with Crippen molar-refractivity contribution in [3.8, 4) is 0 Å². The highest BCUT2D eigenvalue weighted by molar-refractivity contribution is 7.16. The number of nitrogens with one attached hydrogen (secondary N) is 1. The fourth-order valence-corrected chi connectivity index (χ4v) is 6.73. The fraction of sp³-hybridized carbons (Fsp3) is 0.586. The monoisotopic (exact) mass is 509 g/mol. The van der Waals surface area contributed by atoms with E-state index in [9.17, 15) is 4.79 Å². The van der Waals surface area contributed by atoms with Gasteiger partial charge in [0.1, 0.15) is 10.8 Å². The minimum absolute atomic E-state index is 0.0124. The molecule has 1 aromatic carbocycles. The number of likely N-dealkylation sites (N-methyl/N-ethyl adjacent to an activating group) is 1. The largest absolute Gasteiger partial charge is 0.415 e. The number of carbonyl (C=O) groups excluding carboxylic acids is 1. The van der Waals surface area contributed by atoms with Gasteiger partial charge in [-0.05, 0) is 62.1 Å². The number of aliphatic imine (C=N–C) groups is 1. The predicted octanol–water partition coefficient (Wildman–Crippen LogP) is 6.31. The van der Waals surface area contributed by atoms with Gasteiger partial charge in [0.05, 0.1) is 56.1 Å². The topological polar surface area (TPSA) is 53.9 Å². The average molecular weight is 510 g/mol. The number of quaternary nitrogens is 1. The number of anilines is 2. The first kappa shape index (κ1) is 25.3. The molecule has 1 saturated heterocycles. The molecule has 1 saturated carbocycles. The van der Waals surface area contributed by atoms with Crippen LogP contribution in [0.3, 0.4) is 0 Å². The number of nitrogens with zero attached hydrogens (tertiary/aromatic N) is 3. The zero-order chi connectivity index (χ0) is 25.5. The van der Waals surface area contributed by atoms with Gasteiger partial charge in [-0.3, -0.25) is 9.28 Å². The molecular formula is C29H41N4O2S+. The van der Waals surface area contributed by atoms with Crippen molar-refractivity contribution in [1.29, 1.82) is 0 Å². The Balaban J connectivity index is 1.20. The van der Waals surface area contributed by atoms with Crippen molar-refractivity contribution in [1.82, 2.24) is 4.90 Å². The van der Waals surface area contributed by atoms with Crippen LogP contribution in [0, 0.1) is 24.2 Å². The first-order chi connectivity index (χ1) is 17.1. The first-order valence-electron chi connectivity index (χ1n) is 13.4. The van der Waals surface area contributed by atoms with E-state index in [0.717, 1.165) is 78.6 Å². The van der Waals surface area contributed by atoms with Crippen LogP contribution in [0.1, 0.15) is 56.9 Å². The van der Waals surface area contributed by atoms with Gasteiger partial charge in [0.25, 0.3) is 0 Å². The number of amidine groups is 1. The quantitative estimate of drug-likeness (QED) is 0.389. The summed E-state index contributed by atoms with van der Waals surface area (Å²) in [5, 5.41) is 4.76. The summed E-state index contributed by atoms with van der Waals surface area (Å²) < 4.78 is 6.69. The van der Waals surface area contributed by atoms with Crippen molar-refractivity contribution in [2.45, 2.75) is 53.4 Å². The van der Waals surface area contributed by atoms with E-state index in [4.69, 9.17) is 9.73 Å². The molecular weight excluding hydrogens is 468 g/mol. The van der Waals surface area contributed by atoms with Crippen LogP contribution >= 0.6 is 11.3 Å². The van der Waals surface area contributed by atoms with E-state index >= 15 is 0 Å². The molecule has 0 unspecified atom stereocenters. The van der Waals surface area contributed by atoms with Crippen molar-refractivity contribution in [2.75, 3.05) is 45.3 Å². The number of ether oxygens (including phenoxy) is 1. The van der Waals surface area contributed by atoms with Crippen molar-refractivity contribution in [2.24, 2.45) is 22.2 Å². The second-order valence-corrected chi connectivity index (χ2v) is 13.5. The van der Waals surface area contributed by atoms with Crippen LogP contribution in [-0.2, 0) is 9.53 Å². The number of fused-ring (bicyclic) bond motifs is 2. The van der Waals surface area contributed by atoms with Crippen molar-refractivity contribution in [3.05, 3.63) is 40.8 Å². The number of rotatable bonds is 3. The van der Waals surface area contributed by atoms with Gasteiger partial charge in [0.15, 0.2) is 0 Å². The van der Waals surface area contributed by atoms with E-state index in [1.54, 1.807) is 11.3 Å². The average Bonchev–Trinajstić information content (AvgIpc) is 3.14. The second kappa shape index (κ2) is 9.82. The Kier molecular flexibility index (Phi) is 6.90. The number of piperazine rings is 1. The molecule has 3 aliphatic rings. The molecule has 6 nitrogen and oxygen atoms in total. The number of hydrogen-bond donors (Lipinski definition) is 1. The highest BCUT2D eigenvalue weighted by Gasteiger charge is 2.36. The van der Waals surface area contributed by atoms with Crippen LogP contribution in [-0.4, -0.2) is 61.1 Å². The maximum Gasteiger partial charge on any atom is 0.313 e. The molecule has 36 heavy (non-hydrogen) atoms. The molecule has 0 radical (unpaired) electrons. The Hall–Kier alpha value is -2.38. The number of thiophene rings is 1. The lowest BCUT2D eigenvalue weighted by molar-refractivity contribution is -0.929. The van der Waals surface area contributed by atoms with Gasteiger partial charge in [-0.1, -0.05) is 32.9 Å². The molecule has 2 fully saturated rings. The molecule has 194 valence electrons. The highest BCUT2D eigenvalue weighted by Crippen LogP contribution is 2.41. The van der Waals surface area contributed by atoms with Gasteiger partial charge in [-0.2, -0.15) is 0 Å². The lowest BCUT2D eigenvalue weighted by atomic mass is 9.70. The third kappa shape index (κ3) is 5.32. The van der Waals surface area contributed by atoms with Crippen molar-refractivity contribution >= 4 is 39.5 Å². The third-order valence-corrected chi connectivity index (χ3v) is 9.36. The van der Waals surface area contributed by atoms with Crippen LogP contribution in [0.2, 0.25) is 0 Å². The molecule has 2 aliphatic heterocycles. The molecule has 0 amide bonds. The van der Waals surface area contributed by atoms with E-state index in [0.29, 0.717) is 18.1 Å². The summed E-state index contributed by atoms with van der Waals surface area (Å²) in [5.74, 6) is 1.84. The maximum atomic E-state index is 12.9. The van der Waals surface area contributed by atoms with Crippen LogP contribution < -0.4 is 5.32 Å². The molecule has 3 heterocycles. The van der Waals surface area contributed by atoms with Crippen LogP contribution in [0.5, 0.6) is 0 Å². The second-order valence-electron chi connectivity index (χ2n) is 12.2. The van der Waals surface area contributed by atoms with E-state index in [-0.39, 0.29) is 11.9 Å². The molecule has 2 aromatic rings. The Morgan fingerprint density at radius 3 is 2.56 bits per heavy atom. The third-order valence-electron chi connectivity index (χ3n) is 8.40. The van der Waals surface area contributed by atoms with Gasteiger partial charge < -0.3 is 15.0 Å². The highest BCUT2D eigenvalue weighted by atomic mass is 32.1. The standard InChI is InChI=1S/C29H41N4O2S/c1-20-18-23-26(30-24-8-6-7-9-25(24)31-27(23)36-20)32-14-16-33(5,17-15-32)19-35-28(34)21-10-12-22(13-11-21)29(2,3)4/h6-9,18,21-22,31H,10-17,19H2,1-5H3/q+1/t21-,22-. The molecule has 1 N–H and O–H groups in total. The molecule has 1 aromatic heterocycles. The Morgan fingerprint density at radius 2 is 1.86 bits per heavy atom.